The van der Waals surface area contributed by atoms with Gasteiger partial charge in [-0.05, 0) is 12.8 Å². The van der Waals surface area contributed by atoms with Crippen molar-refractivity contribution in [3.05, 3.63) is 23.9 Å². The molecule has 0 saturated carbocycles. The van der Waals surface area contributed by atoms with Crippen LogP contribution in [0.2, 0.25) is 0 Å². The summed E-state index contributed by atoms with van der Waals surface area (Å²) >= 11 is 0. The van der Waals surface area contributed by atoms with Crippen LogP contribution < -0.4 is 0 Å². The van der Waals surface area contributed by atoms with Crippen LogP contribution >= 0.6 is 0 Å². The maximum absolute atomic E-state index is 4.84. The molecule has 0 saturated heterocycles. The van der Waals surface area contributed by atoms with E-state index in [9.17, 15) is 0 Å². The molecule has 0 aliphatic heterocycles. The highest BCUT2D eigenvalue weighted by Crippen LogP contribution is 2.15. The van der Waals surface area contributed by atoms with Gasteiger partial charge < -0.3 is 0 Å². The predicted molar refractivity (Wildman–Crippen MR) is 177 cm³/mol. The van der Waals surface area contributed by atoms with Crippen LogP contribution in [0.3, 0.4) is 0 Å². The van der Waals surface area contributed by atoms with E-state index in [1.165, 1.54) is 180 Å². The van der Waals surface area contributed by atoms with E-state index in [2.05, 4.69) is 13.8 Å². The lowest BCUT2D eigenvalue weighted by atomic mass is 10.0. The molecule has 0 aliphatic rings. The number of nitrogens with zero attached hydrogens (tertiary/aromatic N) is 3. The molecule has 3 nitrogen and oxygen atoms in total. The molecule has 1 radical (unpaired) electrons. The van der Waals surface area contributed by atoms with Crippen LogP contribution in [-0.2, 0) is 12.8 Å². The molecule has 0 unspecified atom stereocenters. The van der Waals surface area contributed by atoms with E-state index in [1.807, 2.05) is 13.3 Å². The molecular weight excluding hydrogens is 486 g/mol. The molecule has 1 aromatic rings. The fraction of sp³-hybridized carbons (Fsp3) is 0.892. The van der Waals surface area contributed by atoms with E-state index < -0.39 is 0 Å². The number of aryl methyl sites for hydroxylation is 2. The van der Waals surface area contributed by atoms with E-state index in [0.29, 0.717) is 0 Å². The third-order valence-electron chi connectivity index (χ3n) is 8.51. The summed E-state index contributed by atoms with van der Waals surface area (Å²) in [6.45, 7) is 6.64. The third kappa shape index (κ3) is 23.7. The van der Waals surface area contributed by atoms with E-state index in [4.69, 9.17) is 15.0 Å². The molecule has 0 N–H and O–H groups in total. The molecule has 3 heteroatoms. The van der Waals surface area contributed by atoms with Gasteiger partial charge in [0, 0.05) is 19.3 Å². The van der Waals surface area contributed by atoms with Crippen LogP contribution in [0.25, 0.3) is 0 Å². The van der Waals surface area contributed by atoms with Crippen molar-refractivity contribution in [3.63, 3.8) is 0 Å². The number of rotatable bonds is 31. The van der Waals surface area contributed by atoms with Gasteiger partial charge in [0.05, 0.1) is 0 Å². The average Bonchev–Trinajstić information content (AvgIpc) is 2.97. The summed E-state index contributed by atoms with van der Waals surface area (Å²) < 4.78 is 0. The molecule has 0 fully saturated rings. The normalized spacial score (nSPS) is 11.5. The molecule has 0 spiro atoms. The van der Waals surface area contributed by atoms with Crippen molar-refractivity contribution in [2.24, 2.45) is 0 Å². The second kappa shape index (κ2) is 29.5. The first kappa shape index (κ1) is 37.0. The Labute approximate surface area is 251 Å². The Kier molecular flexibility index (Phi) is 27.3. The SMILES string of the molecule is C[CH]c1nc(CCCCCCCCCCCCCCCC)nc(CCCCCCCCCCCCCCCC)n1. The standard InChI is InChI=1S/C37H70N3/c1-4-7-9-11-13-15-17-19-21-23-25-27-29-31-33-36-38-35(6-3)39-37(40-36)34-32-30-28-26-24-22-20-18-16-14-12-10-8-5-2/h6H,4-5,7-34H2,1-3H3. The van der Waals surface area contributed by atoms with Gasteiger partial charge in [-0.3, -0.25) is 0 Å². The summed E-state index contributed by atoms with van der Waals surface area (Å²) in [6.07, 6.45) is 43.2. The first-order valence-electron chi connectivity index (χ1n) is 18.3. The minimum atomic E-state index is 0.871. The van der Waals surface area contributed by atoms with Crippen molar-refractivity contribution >= 4 is 0 Å². The first-order valence-corrected chi connectivity index (χ1v) is 18.3. The Balaban J connectivity index is 2.01. The van der Waals surface area contributed by atoms with Crippen molar-refractivity contribution in [3.8, 4) is 0 Å². The molecule has 0 bridgehead atoms. The summed E-state index contributed by atoms with van der Waals surface area (Å²) in [5, 5.41) is 0. The molecule has 1 rings (SSSR count). The second-order valence-electron chi connectivity index (χ2n) is 12.5. The Morgan fingerprint density at radius 1 is 0.350 bits per heavy atom. The molecule has 1 aromatic heterocycles. The predicted octanol–water partition coefficient (Wildman–Crippen LogP) is 12.5. The van der Waals surface area contributed by atoms with Crippen LogP contribution in [0.4, 0.5) is 0 Å². The monoisotopic (exact) mass is 557 g/mol. The highest BCUT2D eigenvalue weighted by molar-refractivity contribution is 5.04. The van der Waals surface area contributed by atoms with Crippen LogP contribution in [0, 0.1) is 6.42 Å². The number of hydrogen-bond donors (Lipinski definition) is 0. The van der Waals surface area contributed by atoms with Gasteiger partial charge in [-0.25, -0.2) is 15.0 Å². The van der Waals surface area contributed by atoms with Crippen LogP contribution in [0.15, 0.2) is 0 Å². The highest BCUT2D eigenvalue weighted by Gasteiger charge is 2.06. The fourth-order valence-electron chi connectivity index (χ4n) is 5.80. The van der Waals surface area contributed by atoms with Crippen molar-refractivity contribution in [1.29, 1.82) is 0 Å². The maximum atomic E-state index is 4.84. The Hall–Kier alpha value is -0.990. The summed E-state index contributed by atoms with van der Waals surface area (Å²) in [6, 6.07) is 0. The van der Waals surface area contributed by atoms with Crippen molar-refractivity contribution < 1.29 is 0 Å². The molecule has 0 aliphatic carbocycles. The number of unbranched alkanes of at least 4 members (excludes halogenated alkanes) is 26. The largest absolute Gasteiger partial charge is 0.218 e. The zero-order valence-corrected chi connectivity index (χ0v) is 27.6. The molecule has 233 valence electrons. The van der Waals surface area contributed by atoms with Gasteiger partial charge in [0.25, 0.3) is 0 Å². The van der Waals surface area contributed by atoms with Crippen LogP contribution in [-0.4, -0.2) is 15.0 Å². The quantitative estimate of drug-likeness (QED) is 0.0853. The molecule has 40 heavy (non-hydrogen) atoms. The van der Waals surface area contributed by atoms with Gasteiger partial charge in [0.2, 0.25) is 0 Å². The second-order valence-corrected chi connectivity index (χ2v) is 12.5. The van der Waals surface area contributed by atoms with Crippen molar-refractivity contribution in [1.82, 2.24) is 15.0 Å². The summed E-state index contributed by atoms with van der Waals surface area (Å²) in [4.78, 5) is 14.2. The topological polar surface area (TPSA) is 38.7 Å². The minimum absolute atomic E-state index is 0.871. The fourth-order valence-corrected chi connectivity index (χ4v) is 5.80. The van der Waals surface area contributed by atoms with Gasteiger partial charge in [0.1, 0.15) is 17.5 Å². The van der Waals surface area contributed by atoms with E-state index in [1.54, 1.807) is 0 Å². The van der Waals surface area contributed by atoms with Gasteiger partial charge in [-0.2, -0.15) is 0 Å². The average molecular weight is 557 g/mol. The molecule has 0 aromatic carbocycles. The zero-order chi connectivity index (χ0) is 28.8. The Morgan fingerprint density at radius 3 is 0.850 bits per heavy atom. The number of aromatic nitrogens is 3. The molecule has 1 heterocycles. The van der Waals surface area contributed by atoms with Gasteiger partial charge >= 0.3 is 0 Å². The van der Waals surface area contributed by atoms with Gasteiger partial charge in [-0.15, -0.1) is 0 Å². The Morgan fingerprint density at radius 2 is 0.600 bits per heavy atom. The minimum Gasteiger partial charge on any atom is -0.218 e. The van der Waals surface area contributed by atoms with Crippen molar-refractivity contribution in [2.75, 3.05) is 0 Å². The summed E-state index contributed by atoms with van der Waals surface area (Å²) in [7, 11) is 0. The van der Waals surface area contributed by atoms with E-state index in [0.717, 1.165) is 30.3 Å². The molecular formula is C37H70N3. The van der Waals surface area contributed by atoms with E-state index in [-0.39, 0.29) is 0 Å². The summed E-state index contributed by atoms with van der Waals surface area (Å²) in [5.41, 5.74) is 0. The zero-order valence-electron chi connectivity index (χ0n) is 27.6. The van der Waals surface area contributed by atoms with E-state index >= 15 is 0 Å². The third-order valence-corrected chi connectivity index (χ3v) is 8.51. The van der Waals surface area contributed by atoms with Crippen LogP contribution in [0.5, 0.6) is 0 Å². The number of hydrogen-bond acceptors (Lipinski definition) is 3. The Bertz CT molecular complexity index is 594. The lowest BCUT2D eigenvalue weighted by molar-refractivity contribution is 0.532. The van der Waals surface area contributed by atoms with Crippen LogP contribution in [0.1, 0.15) is 218 Å². The maximum Gasteiger partial charge on any atom is 0.136 e. The van der Waals surface area contributed by atoms with Crippen molar-refractivity contribution in [2.45, 2.75) is 213 Å². The lowest BCUT2D eigenvalue weighted by Crippen LogP contribution is -2.07. The molecule has 0 atom stereocenters. The summed E-state index contributed by atoms with van der Waals surface area (Å²) in [5.74, 6) is 2.90. The van der Waals surface area contributed by atoms with Gasteiger partial charge in [-0.1, -0.05) is 188 Å². The molecule has 0 amide bonds. The highest BCUT2D eigenvalue weighted by atomic mass is 15.0. The first-order chi connectivity index (χ1) is 19.8. The smallest absolute Gasteiger partial charge is 0.136 e. The van der Waals surface area contributed by atoms with Gasteiger partial charge in [0.15, 0.2) is 0 Å². The lowest BCUT2D eigenvalue weighted by Gasteiger charge is -2.07.